The summed E-state index contributed by atoms with van der Waals surface area (Å²) in [7, 11) is 0. The first-order chi connectivity index (χ1) is 7.77. The van der Waals surface area contributed by atoms with Crippen molar-refractivity contribution in [2.75, 3.05) is 0 Å². The minimum atomic E-state index is 0.670. The lowest BCUT2D eigenvalue weighted by molar-refractivity contribution is 0.123. The SMILES string of the molecule is Clc1ccc(C2=CCCC3(CCC3)C2)cc1. The van der Waals surface area contributed by atoms with Crippen LogP contribution in [0.4, 0.5) is 0 Å². The normalized spacial score (nSPS) is 22.7. The highest BCUT2D eigenvalue weighted by atomic mass is 35.5. The molecule has 0 bridgehead atoms. The number of hydrogen-bond acceptors (Lipinski definition) is 0. The summed E-state index contributed by atoms with van der Waals surface area (Å²) in [5.41, 5.74) is 3.59. The van der Waals surface area contributed by atoms with Gasteiger partial charge in [0.05, 0.1) is 0 Å². The van der Waals surface area contributed by atoms with E-state index in [1.54, 1.807) is 5.57 Å². The van der Waals surface area contributed by atoms with Gasteiger partial charge in [0.1, 0.15) is 0 Å². The van der Waals surface area contributed by atoms with Crippen molar-refractivity contribution in [2.24, 2.45) is 5.41 Å². The molecule has 0 atom stereocenters. The van der Waals surface area contributed by atoms with Crippen LogP contribution >= 0.6 is 11.6 Å². The second kappa shape index (κ2) is 3.92. The first-order valence-electron chi connectivity index (χ1n) is 6.23. The van der Waals surface area contributed by atoms with Crippen molar-refractivity contribution in [1.82, 2.24) is 0 Å². The molecule has 0 N–H and O–H groups in total. The van der Waals surface area contributed by atoms with E-state index in [1.807, 2.05) is 12.1 Å². The van der Waals surface area contributed by atoms with Crippen molar-refractivity contribution in [1.29, 1.82) is 0 Å². The van der Waals surface area contributed by atoms with E-state index in [1.165, 1.54) is 44.1 Å². The lowest BCUT2D eigenvalue weighted by Crippen LogP contribution is -2.31. The Kier molecular flexibility index (Phi) is 2.55. The zero-order valence-corrected chi connectivity index (χ0v) is 10.3. The van der Waals surface area contributed by atoms with Gasteiger partial charge in [-0.15, -0.1) is 0 Å². The summed E-state index contributed by atoms with van der Waals surface area (Å²) in [4.78, 5) is 0. The Morgan fingerprint density at radius 1 is 1.00 bits per heavy atom. The maximum atomic E-state index is 5.93. The third kappa shape index (κ3) is 1.80. The Bertz CT molecular complexity index is 410. The van der Waals surface area contributed by atoms with Crippen molar-refractivity contribution in [3.8, 4) is 0 Å². The van der Waals surface area contributed by atoms with E-state index in [9.17, 15) is 0 Å². The molecule has 1 saturated carbocycles. The number of halogens is 1. The Morgan fingerprint density at radius 2 is 1.75 bits per heavy atom. The smallest absolute Gasteiger partial charge is 0.0406 e. The van der Waals surface area contributed by atoms with Gasteiger partial charge in [-0.25, -0.2) is 0 Å². The van der Waals surface area contributed by atoms with Gasteiger partial charge in [-0.2, -0.15) is 0 Å². The largest absolute Gasteiger partial charge is 0.0843 e. The maximum Gasteiger partial charge on any atom is 0.0406 e. The highest BCUT2D eigenvalue weighted by Gasteiger charge is 2.38. The monoisotopic (exact) mass is 232 g/mol. The molecule has 0 heterocycles. The molecule has 0 unspecified atom stereocenters. The fourth-order valence-corrected chi connectivity index (χ4v) is 3.23. The molecule has 16 heavy (non-hydrogen) atoms. The average Bonchev–Trinajstić information content (AvgIpc) is 2.28. The maximum absolute atomic E-state index is 5.93. The van der Waals surface area contributed by atoms with Crippen LogP contribution in [0.2, 0.25) is 5.02 Å². The molecule has 1 aromatic carbocycles. The van der Waals surface area contributed by atoms with Crippen molar-refractivity contribution in [3.63, 3.8) is 0 Å². The first kappa shape index (κ1) is 10.4. The number of hydrogen-bond donors (Lipinski definition) is 0. The van der Waals surface area contributed by atoms with Crippen LogP contribution in [0.1, 0.15) is 44.1 Å². The molecule has 1 heteroatoms. The summed E-state index contributed by atoms with van der Waals surface area (Å²) in [5, 5.41) is 0.832. The molecular formula is C15H17Cl. The third-order valence-electron chi connectivity index (χ3n) is 4.26. The Balaban J connectivity index is 1.84. The van der Waals surface area contributed by atoms with E-state index >= 15 is 0 Å². The Morgan fingerprint density at radius 3 is 2.38 bits per heavy atom. The quantitative estimate of drug-likeness (QED) is 0.634. The standard InChI is InChI=1S/C15H17Cl/c16-14-6-4-12(5-7-14)13-3-1-8-15(11-13)9-2-10-15/h3-7H,1-2,8-11H2. The van der Waals surface area contributed by atoms with Crippen LogP contribution in [0.25, 0.3) is 5.57 Å². The van der Waals surface area contributed by atoms with Gasteiger partial charge in [-0.05, 0) is 60.8 Å². The molecule has 1 spiro atoms. The summed E-state index contributed by atoms with van der Waals surface area (Å²) in [6.07, 6.45) is 10.7. The number of rotatable bonds is 1. The first-order valence-corrected chi connectivity index (χ1v) is 6.60. The molecule has 0 nitrogen and oxygen atoms in total. The lowest BCUT2D eigenvalue weighted by Gasteiger charge is -2.45. The minimum absolute atomic E-state index is 0.670. The summed E-state index contributed by atoms with van der Waals surface area (Å²) < 4.78 is 0. The van der Waals surface area contributed by atoms with Gasteiger partial charge in [-0.3, -0.25) is 0 Å². The van der Waals surface area contributed by atoms with Crippen molar-refractivity contribution in [3.05, 3.63) is 40.9 Å². The van der Waals surface area contributed by atoms with Gasteiger partial charge in [0.25, 0.3) is 0 Å². The summed E-state index contributed by atoms with van der Waals surface area (Å²) in [6.45, 7) is 0. The molecule has 1 aromatic rings. The topological polar surface area (TPSA) is 0 Å². The van der Waals surface area contributed by atoms with Crippen LogP contribution in [0.5, 0.6) is 0 Å². The zero-order valence-electron chi connectivity index (χ0n) is 9.51. The van der Waals surface area contributed by atoms with E-state index in [-0.39, 0.29) is 0 Å². The van der Waals surface area contributed by atoms with Crippen molar-refractivity contribution in [2.45, 2.75) is 38.5 Å². The van der Waals surface area contributed by atoms with Gasteiger partial charge in [0.15, 0.2) is 0 Å². The highest BCUT2D eigenvalue weighted by Crippen LogP contribution is 2.53. The molecule has 0 saturated heterocycles. The molecule has 2 aliphatic carbocycles. The van der Waals surface area contributed by atoms with Crippen LogP contribution in [0.3, 0.4) is 0 Å². The van der Waals surface area contributed by atoms with E-state index in [2.05, 4.69) is 18.2 Å². The molecule has 84 valence electrons. The van der Waals surface area contributed by atoms with Gasteiger partial charge in [0, 0.05) is 5.02 Å². The fourth-order valence-electron chi connectivity index (χ4n) is 3.10. The van der Waals surface area contributed by atoms with Crippen LogP contribution < -0.4 is 0 Å². The zero-order chi connectivity index (χ0) is 11.0. The van der Waals surface area contributed by atoms with Crippen molar-refractivity contribution < 1.29 is 0 Å². The molecular weight excluding hydrogens is 216 g/mol. The van der Waals surface area contributed by atoms with E-state index in [0.29, 0.717) is 5.41 Å². The molecule has 2 aliphatic rings. The molecule has 3 rings (SSSR count). The summed E-state index contributed by atoms with van der Waals surface area (Å²) in [5.74, 6) is 0. The second-order valence-electron chi connectivity index (χ2n) is 5.31. The van der Waals surface area contributed by atoms with E-state index in [4.69, 9.17) is 11.6 Å². The lowest BCUT2D eigenvalue weighted by atomic mass is 9.60. The van der Waals surface area contributed by atoms with Crippen molar-refractivity contribution >= 4 is 17.2 Å². The average molecular weight is 233 g/mol. The van der Waals surface area contributed by atoms with Crippen LogP contribution in [-0.2, 0) is 0 Å². The summed E-state index contributed by atoms with van der Waals surface area (Å²) in [6, 6.07) is 8.32. The highest BCUT2D eigenvalue weighted by molar-refractivity contribution is 6.30. The number of benzene rings is 1. The molecule has 0 radical (unpaired) electrons. The van der Waals surface area contributed by atoms with Crippen LogP contribution in [-0.4, -0.2) is 0 Å². The van der Waals surface area contributed by atoms with E-state index in [0.717, 1.165) is 5.02 Å². The van der Waals surface area contributed by atoms with Gasteiger partial charge >= 0.3 is 0 Å². The molecule has 1 fully saturated rings. The molecule has 0 aromatic heterocycles. The minimum Gasteiger partial charge on any atom is -0.0843 e. The molecule has 0 aliphatic heterocycles. The Hall–Kier alpha value is -0.750. The van der Waals surface area contributed by atoms with Crippen LogP contribution in [0.15, 0.2) is 30.3 Å². The predicted molar refractivity (Wildman–Crippen MR) is 69.6 cm³/mol. The number of allylic oxidation sites excluding steroid dienone is 2. The Labute approximate surface area is 102 Å². The second-order valence-corrected chi connectivity index (χ2v) is 5.74. The summed E-state index contributed by atoms with van der Waals surface area (Å²) >= 11 is 5.93. The van der Waals surface area contributed by atoms with Gasteiger partial charge in [0.2, 0.25) is 0 Å². The third-order valence-corrected chi connectivity index (χ3v) is 4.51. The van der Waals surface area contributed by atoms with Gasteiger partial charge < -0.3 is 0 Å². The van der Waals surface area contributed by atoms with Crippen LogP contribution in [0, 0.1) is 5.41 Å². The molecule has 0 amide bonds. The van der Waals surface area contributed by atoms with E-state index < -0.39 is 0 Å². The fraction of sp³-hybridized carbons (Fsp3) is 0.467. The van der Waals surface area contributed by atoms with Gasteiger partial charge in [-0.1, -0.05) is 36.2 Å². The predicted octanol–water partition coefficient (Wildman–Crippen LogP) is 5.08.